The highest BCUT2D eigenvalue weighted by atomic mass is 79.9. The van der Waals surface area contributed by atoms with Crippen LogP contribution >= 0.6 is 15.9 Å². The van der Waals surface area contributed by atoms with Crippen molar-refractivity contribution in [3.63, 3.8) is 0 Å². The molecule has 1 heteroatoms. The van der Waals surface area contributed by atoms with Gasteiger partial charge in [0.05, 0.1) is 0 Å². The van der Waals surface area contributed by atoms with Crippen molar-refractivity contribution in [2.45, 2.75) is 62.3 Å². The van der Waals surface area contributed by atoms with Gasteiger partial charge in [0.2, 0.25) is 0 Å². The first-order valence-electron chi connectivity index (χ1n) is 8.69. The Hall–Kier alpha value is -1.34. The quantitative estimate of drug-likeness (QED) is 0.352. The van der Waals surface area contributed by atoms with E-state index in [9.17, 15) is 0 Å². The summed E-state index contributed by atoms with van der Waals surface area (Å²) in [6, 6.07) is 0. The molecule has 0 atom stereocenters. The molecule has 0 amide bonds. The highest BCUT2D eigenvalue weighted by molar-refractivity contribution is 9.10. The summed E-state index contributed by atoms with van der Waals surface area (Å²) >= 11 is 4.00. The normalized spacial score (nSPS) is 11.8. The molecule has 0 saturated heterocycles. The maximum atomic E-state index is 4.00. The molecular weight excluding hydrogens is 356 g/mol. The predicted octanol–water partition coefficient (Wildman–Crippen LogP) is 7.53. The second-order valence-corrected chi connectivity index (χ2v) is 8.23. The van der Waals surface area contributed by atoms with Crippen LogP contribution < -0.4 is 0 Å². The van der Waals surface area contributed by atoms with Crippen LogP contribution in [-0.2, 0) is 0 Å². The minimum absolute atomic E-state index is 1.27. The molecule has 0 fully saturated rings. The number of fused-ring (bicyclic) bond motifs is 2. The van der Waals surface area contributed by atoms with Crippen molar-refractivity contribution in [1.82, 2.24) is 0 Å². The Labute approximate surface area is 154 Å². The summed E-state index contributed by atoms with van der Waals surface area (Å²) in [5, 5.41) is 5.65. The maximum Gasteiger partial charge on any atom is 0.0338 e. The van der Waals surface area contributed by atoms with Crippen LogP contribution in [0.25, 0.3) is 21.5 Å². The van der Waals surface area contributed by atoms with E-state index in [4.69, 9.17) is 0 Å². The first-order chi connectivity index (χ1) is 11.1. The van der Waals surface area contributed by atoms with Crippen molar-refractivity contribution in [3.8, 4) is 0 Å². The standard InChI is InChI=1S/C23H27Br/c1-10-12(3)16(7)21-19(14(10)5)18(9)20-15(6)11(2)13(4)17(8)22(20)23(21)24/h1-9H3. The topological polar surface area (TPSA) is 0 Å². The highest BCUT2D eigenvalue weighted by Gasteiger charge is 2.21. The van der Waals surface area contributed by atoms with E-state index in [1.807, 2.05) is 0 Å². The Kier molecular flexibility index (Phi) is 4.07. The smallest absolute Gasteiger partial charge is 0.0338 e. The molecular formula is C23H27Br. The Morgan fingerprint density at radius 1 is 0.333 bits per heavy atom. The van der Waals surface area contributed by atoms with E-state index in [1.54, 1.807) is 0 Å². The molecule has 24 heavy (non-hydrogen) atoms. The van der Waals surface area contributed by atoms with Crippen molar-refractivity contribution in [3.05, 3.63) is 54.5 Å². The van der Waals surface area contributed by atoms with Gasteiger partial charge in [0, 0.05) is 15.2 Å². The highest BCUT2D eigenvalue weighted by Crippen LogP contribution is 2.44. The molecule has 0 unspecified atom stereocenters. The number of hydrogen-bond donors (Lipinski definition) is 0. The largest absolute Gasteiger partial charge is 0.0495 e. The van der Waals surface area contributed by atoms with Gasteiger partial charge in [-0.25, -0.2) is 0 Å². The Morgan fingerprint density at radius 2 is 0.583 bits per heavy atom. The van der Waals surface area contributed by atoms with Gasteiger partial charge < -0.3 is 0 Å². The van der Waals surface area contributed by atoms with Gasteiger partial charge in [-0.3, -0.25) is 0 Å². The lowest BCUT2D eigenvalue weighted by Crippen LogP contribution is -2.01. The van der Waals surface area contributed by atoms with Crippen LogP contribution in [-0.4, -0.2) is 0 Å². The summed E-state index contributed by atoms with van der Waals surface area (Å²) in [7, 11) is 0. The van der Waals surface area contributed by atoms with Crippen molar-refractivity contribution in [1.29, 1.82) is 0 Å². The molecule has 3 aromatic carbocycles. The Bertz CT molecular complexity index is 871. The van der Waals surface area contributed by atoms with Gasteiger partial charge in [0.25, 0.3) is 0 Å². The molecule has 0 aliphatic heterocycles. The third-order valence-corrected chi connectivity index (χ3v) is 7.36. The molecule has 0 saturated carbocycles. The van der Waals surface area contributed by atoms with E-state index in [0.29, 0.717) is 0 Å². The number of rotatable bonds is 0. The van der Waals surface area contributed by atoms with E-state index in [2.05, 4.69) is 78.2 Å². The van der Waals surface area contributed by atoms with Crippen molar-refractivity contribution < 1.29 is 0 Å². The summed E-state index contributed by atoms with van der Waals surface area (Å²) in [6.45, 7) is 20.4. The number of aryl methyl sites for hydroxylation is 5. The Balaban J connectivity index is 2.82. The van der Waals surface area contributed by atoms with Gasteiger partial charge in [0.1, 0.15) is 0 Å². The van der Waals surface area contributed by atoms with Crippen LogP contribution in [0.1, 0.15) is 50.1 Å². The summed E-state index contributed by atoms with van der Waals surface area (Å²) in [5.41, 5.74) is 12.7. The molecule has 0 aromatic heterocycles. The molecule has 0 heterocycles. The lowest BCUT2D eigenvalue weighted by atomic mass is 9.83. The third-order valence-electron chi connectivity index (χ3n) is 6.56. The monoisotopic (exact) mass is 382 g/mol. The minimum Gasteiger partial charge on any atom is -0.0495 e. The molecule has 0 N–H and O–H groups in total. The molecule has 0 spiro atoms. The van der Waals surface area contributed by atoms with Crippen LogP contribution in [0, 0.1) is 62.3 Å². The van der Waals surface area contributed by atoms with Crippen LogP contribution in [0.4, 0.5) is 0 Å². The zero-order chi connectivity index (χ0) is 18.1. The SMILES string of the molecule is Cc1c(C)c(C)c2c(Br)c3c(C)c(C)c(C)c(C)c3c(C)c2c1C. The lowest BCUT2D eigenvalue weighted by molar-refractivity contribution is 1.23. The Morgan fingerprint density at radius 3 is 0.875 bits per heavy atom. The van der Waals surface area contributed by atoms with Crippen LogP contribution in [0.5, 0.6) is 0 Å². The fraction of sp³-hybridized carbons (Fsp3) is 0.391. The predicted molar refractivity (Wildman–Crippen MR) is 112 cm³/mol. The average Bonchev–Trinajstić information content (AvgIpc) is 2.55. The van der Waals surface area contributed by atoms with E-state index >= 15 is 0 Å². The van der Waals surface area contributed by atoms with Gasteiger partial charge in [0.15, 0.2) is 0 Å². The van der Waals surface area contributed by atoms with Gasteiger partial charge in [-0.05, 0) is 139 Å². The van der Waals surface area contributed by atoms with Crippen LogP contribution in [0.15, 0.2) is 4.47 Å². The third kappa shape index (κ3) is 2.03. The summed E-state index contributed by atoms with van der Waals surface area (Å²) in [4.78, 5) is 0. The van der Waals surface area contributed by atoms with Crippen molar-refractivity contribution in [2.24, 2.45) is 0 Å². The molecule has 3 aromatic rings. The number of halogens is 1. The van der Waals surface area contributed by atoms with E-state index in [-0.39, 0.29) is 0 Å². The minimum atomic E-state index is 1.27. The maximum absolute atomic E-state index is 4.00. The molecule has 0 nitrogen and oxygen atoms in total. The van der Waals surface area contributed by atoms with E-state index < -0.39 is 0 Å². The zero-order valence-electron chi connectivity index (χ0n) is 16.4. The van der Waals surface area contributed by atoms with Gasteiger partial charge in [-0.15, -0.1) is 0 Å². The summed E-state index contributed by atoms with van der Waals surface area (Å²) < 4.78 is 1.27. The first kappa shape index (κ1) is 17.5. The second kappa shape index (κ2) is 5.59. The van der Waals surface area contributed by atoms with Crippen LogP contribution in [0.3, 0.4) is 0 Å². The fourth-order valence-electron chi connectivity index (χ4n) is 4.36. The van der Waals surface area contributed by atoms with Crippen molar-refractivity contribution >= 4 is 37.5 Å². The molecule has 0 radical (unpaired) electrons. The van der Waals surface area contributed by atoms with E-state index in [1.165, 1.54) is 76.1 Å². The van der Waals surface area contributed by atoms with E-state index in [0.717, 1.165) is 0 Å². The number of benzene rings is 3. The fourth-order valence-corrected chi connectivity index (χ4v) is 5.35. The summed E-state index contributed by atoms with van der Waals surface area (Å²) in [5.74, 6) is 0. The zero-order valence-corrected chi connectivity index (χ0v) is 18.0. The first-order valence-corrected chi connectivity index (χ1v) is 9.48. The molecule has 126 valence electrons. The molecule has 0 aliphatic rings. The second-order valence-electron chi connectivity index (χ2n) is 7.44. The van der Waals surface area contributed by atoms with Gasteiger partial charge in [-0.1, -0.05) is 0 Å². The van der Waals surface area contributed by atoms with Gasteiger partial charge >= 0.3 is 0 Å². The number of hydrogen-bond acceptors (Lipinski definition) is 0. The van der Waals surface area contributed by atoms with Crippen LogP contribution in [0.2, 0.25) is 0 Å². The average molecular weight is 383 g/mol. The lowest BCUT2D eigenvalue weighted by Gasteiger charge is -2.23. The van der Waals surface area contributed by atoms with Crippen molar-refractivity contribution in [2.75, 3.05) is 0 Å². The molecule has 0 aliphatic carbocycles. The summed E-state index contributed by atoms with van der Waals surface area (Å²) in [6.07, 6.45) is 0. The molecule has 3 rings (SSSR count). The molecule has 0 bridgehead atoms. The van der Waals surface area contributed by atoms with Gasteiger partial charge in [-0.2, -0.15) is 0 Å².